The standard InChI is InChI=1S/C10H21NO7.C3H9N/c12-2-5(3-13)11-6-1-10(18,4-14)9(17)8(16)7(6)15;1-4(2)3/h5-9,11-18H,1-4H2;1-3H3/t6-,7-,8+,9-,10-;/m0./s1. The molecule has 9 nitrogen and oxygen atoms in total. The topological polar surface area (TPSA) is 157 Å². The van der Waals surface area contributed by atoms with Gasteiger partial charge in [-0.25, -0.2) is 0 Å². The van der Waals surface area contributed by atoms with Crippen LogP contribution in [-0.4, -0.2) is 118 Å². The highest BCUT2D eigenvalue weighted by Gasteiger charge is 2.51. The van der Waals surface area contributed by atoms with E-state index in [1.165, 1.54) is 0 Å². The lowest BCUT2D eigenvalue weighted by atomic mass is 9.76. The Hall–Kier alpha value is -0.360. The van der Waals surface area contributed by atoms with Crippen LogP contribution >= 0.6 is 0 Å². The first kappa shape index (κ1) is 21.6. The van der Waals surface area contributed by atoms with Crippen molar-refractivity contribution in [2.24, 2.45) is 0 Å². The summed E-state index contributed by atoms with van der Waals surface area (Å²) in [4.78, 5) is 2.00. The van der Waals surface area contributed by atoms with E-state index in [4.69, 9.17) is 15.3 Å². The highest BCUT2D eigenvalue weighted by molar-refractivity contribution is 5.05. The molecular weight excluding hydrogens is 296 g/mol. The van der Waals surface area contributed by atoms with E-state index in [1.54, 1.807) is 0 Å². The summed E-state index contributed by atoms with van der Waals surface area (Å²) in [7, 11) is 6.00. The molecule has 0 heterocycles. The Morgan fingerprint density at radius 1 is 1.05 bits per heavy atom. The Morgan fingerprint density at radius 3 is 1.86 bits per heavy atom. The summed E-state index contributed by atoms with van der Waals surface area (Å²) in [6.07, 6.45) is -4.91. The zero-order valence-corrected chi connectivity index (χ0v) is 13.3. The molecule has 0 unspecified atom stereocenters. The van der Waals surface area contributed by atoms with Crippen molar-refractivity contribution in [1.82, 2.24) is 10.2 Å². The minimum Gasteiger partial charge on any atom is -0.395 e. The van der Waals surface area contributed by atoms with Crippen LogP contribution in [0.2, 0.25) is 0 Å². The molecule has 22 heavy (non-hydrogen) atoms. The van der Waals surface area contributed by atoms with Crippen LogP contribution in [0.15, 0.2) is 0 Å². The average molecular weight is 326 g/mol. The molecule has 0 aliphatic heterocycles. The Labute approximate surface area is 130 Å². The lowest BCUT2D eigenvalue weighted by molar-refractivity contribution is -0.207. The summed E-state index contributed by atoms with van der Waals surface area (Å²) in [5, 5.41) is 68.4. The number of aliphatic hydroxyl groups is 7. The van der Waals surface area contributed by atoms with Gasteiger partial charge >= 0.3 is 0 Å². The first-order valence-corrected chi connectivity index (χ1v) is 7.09. The third-order valence-corrected chi connectivity index (χ3v) is 3.37. The lowest BCUT2D eigenvalue weighted by Crippen LogP contribution is -2.68. The molecule has 0 bridgehead atoms. The second-order valence-electron chi connectivity index (χ2n) is 6.07. The fraction of sp³-hybridized carbons (Fsp3) is 1.00. The SMILES string of the molecule is CN(C)C.OCC(CO)N[C@H]1C[C@](O)(CO)[C@@H](O)[C@H](O)[C@H]1O. The van der Waals surface area contributed by atoms with Crippen LogP contribution in [0.1, 0.15) is 6.42 Å². The summed E-state index contributed by atoms with van der Waals surface area (Å²) in [6.45, 7) is -1.56. The summed E-state index contributed by atoms with van der Waals surface area (Å²) in [6, 6.07) is -1.60. The maximum atomic E-state index is 9.93. The Balaban J connectivity index is 0.000000980. The van der Waals surface area contributed by atoms with E-state index < -0.39 is 55.8 Å². The summed E-state index contributed by atoms with van der Waals surface area (Å²) < 4.78 is 0. The van der Waals surface area contributed by atoms with E-state index in [1.807, 2.05) is 26.0 Å². The molecule has 0 saturated heterocycles. The maximum Gasteiger partial charge on any atom is 0.118 e. The van der Waals surface area contributed by atoms with E-state index >= 15 is 0 Å². The molecular formula is C13H30N2O7. The Morgan fingerprint density at radius 2 is 1.50 bits per heavy atom. The highest BCUT2D eigenvalue weighted by atomic mass is 16.4. The minimum absolute atomic E-state index is 0.223. The normalized spacial score (nSPS) is 35.5. The van der Waals surface area contributed by atoms with Gasteiger partial charge in [-0.05, 0) is 27.6 Å². The van der Waals surface area contributed by atoms with Crippen molar-refractivity contribution in [1.29, 1.82) is 0 Å². The molecule has 0 spiro atoms. The fourth-order valence-electron chi connectivity index (χ4n) is 2.15. The van der Waals surface area contributed by atoms with Crippen molar-refractivity contribution in [3.8, 4) is 0 Å². The van der Waals surface area contributed by atoms with Gasteiger partial charge < -0.3 is 46.0 Å². The largest absolute Gasteiger partial charge is 0.395 e. The zero-order valence-electron chi connectivity index (χ0n) is 13.3. The van der Waals surface area contributed by atoms with Crippen molar-refractivity contribution in [2.45, 2.75) is 42.4 Å². The predicted molar refractivity (Wildman–Crippen MR) is 79.2 cm³/mol. The minimum atomic E-state index is -1.94. The van der Waals surface area contributed by atoms with E-state index in [0.717, 1.165) is 0 Å². The summed E-state index contributed by atoms with van der Waals surface area (Å²) in [5.74, 6) is 0. The third kappa shape index (κ3) is 6.03. The van der Waals surface area contributed by atoms with Crippen molar-refractivity contribution in [3.05, 3.63) is 0 Å². The van der Waals surface area contributed by atoms with E-state index in [-0.39, 0.29) is 6.42 Å². The van der Waals surface area contributed by atoms with Crippen LogP contribution in [0.5, 0.6) is 0 Å². The van der Waals surface area contributed by atoms with E-state index in [9.17, 15) is 20.4 Å². The van der Waals surface area contributed by atoms with Gasteiger partial charge in [-0.1, -0.05) is 0 Å². The molecule has 0 radical (unpaired) electrons. The van der Waals surface area contributed by atoms with Crippen molar-refractivity contribution in [2.75, 3.05) is 41.0 Å². The number of aliphatic hydroxyl groups excluding tert-OH is 6. The van der Waals surface area contributed by atoms with Crippen LogP contribution in [0.4, 0.5) is 0 Å². The number of nitrogens with zero attached hydrogens (tertiary/aromatic N) is 1. The molecule has 1 saturated carbocycles. The molecule has 0 amide bonds. The van der Waals surface area contributed by atoms with Crippen LogP contribution < -0.4 is 5.32 Å². The van der Waals surface area contributed by atoms with Crippen LogP contribution in [-0.2, 0) is 0 Å². The monoisotopic (exact) mass is 326 g/mol. The Kier molecular flexibility index (Phi) is 9.55. The van der Waals surface area contributed by atoms with Gasteiger partial charge in [0.25, 0.3) is 0 Å². The van der Waals surface area contributed by atoms with Crippen LogP contribution in [0.3, 0.4) is 0 Å². The summed E-state index contributed by atoms with van der Waals surface area (Å²) >= 11 is 0. The molecule has 134 valence electrons. The number of nitrogens with one attached hydrogen (secondary N) is 1. The quantitative estimate of drug-likeness (QED) is 0.250. The van der Waals surface area contributed by atoms with Gasteiger partial charge in [0.05, 0.1) is 32.0 Å². The van der Waals surface area contributed by atoms with Gasteiger partial charge in [-0.15, -0.1) is 0 Å². The molecule has 8 N–H and O–H groups in total. The Bertz CT molecular complexity index is 301. The second kappa shape index (κ2) is 9.71. The molecule has 1 aliphatic carbocycles. The van der Waals surface area contributed by atoms with Crippen molar-refractivity contribution < 1.29 is 35.7 Å². The van der Waals surface area contributed by atoms with E-state index in [2.05, 4.69) is 5.32 Å². The smallest absolute Gasteiger partial charge is 0.118 e. The zero-order chi connectivity index (χ0) is 17.5. The average Bonchev–Trinajstić information content (AvgIpc) is 2.47. The molecule has 9 heteroatoms. The van der Waals surface area contributed by atoms with Crippen LogP contribution in [0, 0.1) is 0 Å². The number of hydrogen-bond acceptors (Lipinski definition) is 9. The molecule has 1 aliphatic rings. The predicted octanol–water partition coefficient (Wildman–Crippen LogP) is -4.31. The first-order chi connectivity index (χ1) is 10.1. The van der Waals surface area contributed by atoms with Crippen LogP contribution in [0.25, 0.3) is 0 Å². The molecule has 0 aromatic carbocycles. The highest BCUT2D eigenvalue weighted by Crippen LogP contribution is 2.29. The molecule has 1 rings (SSSR count). The number of hydrogen-bond donors (Lipinski definition) is 8. The maximum absolute atomic E-state index is 9.93. The molecule has 0 aromatic rings. The van der Waals surface area contributed by atoms with Gasteiger partial charge in [0.2, 0.25) is 0 Å². The van der Waals surface area contributed by atoms with Crippen molar-refractivity contribution in [3.63, 3.8) is 0 Å². The van der Waals surface area contributed by atoms with Gasteiger partial charge in [-0.2, -0.15) is 0 Å². The van der Waals surface area contributed by atoms with Gasteiger partial charge in [0, 0.05) is 6.04 Å². The number of rotatable bonds is 5. The van der Waals surface area contributed by atoms with Gasteiger partial charge in [-0.3, -0.25) is 0 Å². The van der Waals surface area contributed by atoms with Crippen molar-refractivity contribution >= 4 is 0 Å². The lowest BCUT2D eigenvalue weighted by Gasteiger charge is -2.46. The molecule has 1 fully saturated rings. The first-order valence-electron chi connectivity index (χ1n) is 7.09. The summed E-state index contributed by atoms with van der Waals surface area (Å²) in [5.41, 5.74) is -1.94. The molecule has 5 atom stereocenters. The van der Waals surface area contributed by atoms with E-state index in [0.29, 0.717) is 0 Å². The van der Waals surface area contributed by atoms with Gasteiger partial charge in [0.1, 0.15) is 17.8 Å². The third-order valence-electron chi connectivity index (χ3n) is 3.37. The fourth-order valence-corrected chi connectivity index (χ4v) is 2.15. The van der Waals surface area contributed by atoms with Gasteiger partial charge in [0.15, 0.2) is 0 Å². The molecule has 0 aromatic heterocycles. The second-order valence-corrected chi connectivity index (χ2v) is 6.07.